The highest BCUT2D eigenvalue weighted by atomic mass is 19.2. The van der Waals surface area contributed by atoms with E-state index in [-0.39, 0.29) is 19.4 Å². The molecule has 0 radical (unpaired) electrons. The van der Waals surface area contributed by atoms with Gasteiger partial charge in [0.2, 0.25) is 11.6 Å². The fourth-order valence-electron chi connectivity index (χ4n) is 2.86. The number of nitrogens with zero attached hydrogens (tertiary/aromatic N) is 1. The molecule has 10 heteroatoms. The number of ether oxygens (including phenoxy) is 1. The third-order valence-electron chi connectivity index (χ3n) is 3.91. The molecular weight excluding hydrogens is 338 g/mol. The van der Waals surface area contributed by atoms with Gasteiger partial charge in [-0.05, 0) is 19.8 Å². The largest absolute Gasteiger partial charge is 0.465 e. The average molecular weight is 349 g/mol. The van der Waals surface area contributed by atoms with Crippen LogP contribution in [0.2, 0.25) is 0 Å². The van der Waals surface area contributed by atoms with Gasteiger partial charge in [-0.3, -0.25) is 19.7 Å². The minimum absolute atomic E-state index is 0.0384. The topological polar surface area (TPSA) is 86.5 Å². The van der Waals surface area contributed by atoms with Crippen LogP contribution in [0.5, 0.6) is 0 Å². The van der Waals surface area contributed by atoms with E-state index in [0.29, 0.717) is 0 Å². The van der Waals surface area contributed by atoms with Gasteiger partial charge in [-0.2, -0.15) is 8.78 Å². The Labute approximate surface area is 132 Å². The summed E-state index contributed by atoms with van der Waals surface area (Å²) in [6.45, 7) is 1.13. The summed E-state index contributed by atoms with van der Waals surface area (Å²) in [5, 5.41) is 10.6. The number of esters is 1. The van der Waals surface area contributed by atoms with Crippen LogP contribution in [0.25, 0.3) is 0 Å². The molecular formula is C14H11F4NO5. The predicted molar refractivity (Wildman–Crippen MR) is 70.1 cm³/mol. The van der Waals surface area contributed by atoms with Crippen LogP contribution in [0.15, 0.2) is 0 Å². The third-order valence-corrected chi connectivity index (χ3v) is 3.91. The first-order chi connectivity index (χ1) is 11.2. The summed E-state index contributed by atoms with van der Waals surface area (Å²) < 4.78 is 61.0. The molecule has 0 bridgehead atoms. The van der Waals surface area contributed by atoms with Gasteiger partial charge in [0.25, 0.3) is 0 Å². The molecule has 1 aromatic carbocycles. The SMILES string of the molecule is CCOC(=O)[C@]1(c2c(F)c(F)c([N+](=O)[O-])c(F)c2F)CCCC1=O. The maximum Gasteiger partial charge on any atom is 0.346 e. The Kier molecular flexibility index (Phi) is 4.59. The van der Waals surface area contributed by atoms with Gasteiger partial charge in [0.15, 0.2) is 22.8 Å². The van der Waals surface area contributed by atoms with Crippen molar-refractivity contribution < 1.29 is 36.8 Å². The highest BCUT2D eigenvalue weighted by molar-refractivity contribution is 6.11. The van der Waals surface area contributed by atoms with Crippen LogP contribution in [0.4, 0.5) is 23.2 Å². The van der Waals surface area contributed by atoms with Crippen LogP contribution in [-0.2, 0) is 19.7 Å². The van der Waals surface area contributed by atoms with E-state index < -0.39 is 63.0 Å². The van der Waals surface area contributed by atoms with E-state index >= 15 is 0 Å². The van der Waals surface area contributed by atoms with Crippen molar-refractivity contribution in [3.63, 3.8) is 0 Å². The zero-order valence-electron chi connectivity index (χ0n) is 12.3. The highest BCUT2D eigenvalue weighted by Crippen LogP contribution is 2.44. The summed E-state index contributed by atoms with van der Waals surface area (Å²) in [4.78, 5) is 33.3. The first-order valence-corrected chi connectivity index (χ1v) is 6.91. The Morgan fingerprint density at radius 2 is 1.75 bits per heavy atom. The van der Waals surface area contributed by atoms with Crippen molar-refractivity contribution in [1.29, 1.82) is 0 Å². The number of Topliss-reactive ketones (excluding diaryl/α,β-unsaturated/α-hetero) is 1. The number of hydrogen-bond donors (Lipinski definition) is 0. The van der Waals surface area contributed by atoms with Crippen molar-refractivity contribution >= 4 is 17.4 Å². The minimum Gasteiger partial charge on any atom is -0.465 e. The Bertz CT molecular complexity index is 722. The molecule has 0 amide bonds. The third kappa shape index (κ3) is 2.33. The lowest BCUT2D eigenvalue weighted by Gasteiger charge is -2.26. The number of nitro groups is 1. The van der Waals surface area contributed by atoms with Crippen LogP contribution >= 0.6 is 0 Å². The first-order valence-electron chi connectivity index (χ1n) is 6.91. The van der Waals surface area contributed by atoms with Gasteiger partial charge in [0, 0.05) is 6.42 Å². The molecule has 0 aliphatic heterocycles. The number of halogens is 4. The molecule has 2 rings (SSSR count). The normalized spacial score (nSPS) is 20.3. The van der Waals surface area contributed by atoms with Crippen molar-refractivity contribution in [3.8, 4) is 0 Å². The Balaban J connectivity index is 2.85. The average Bonchev–Trinajstić information content (AvgIpc) is 2.88. The van der Waals surface area contributed by atoms with Gasteiger partial charge in [0.05, 0.1) is 17.1 Å². The van der Waals surface area contributed by atoms with Gasteiger partial charge >= 0.3 is 11.7 Å². The van der Waals surface area contributed by atoms with E-state index in [1.54, 1.807) is 0 Å². The van der Waals surface area contributed by atoms with Gasteiger partial charge in [-0.15, -0.1) is 0 Å². The van der Waals surface area contributed by atoms with Crippen molar-refractivity contribution in [2.24, 2.45) is 0 Å². The molecule has 1 fully saturated rings. The summed E-state index contributed by atoms with van der Waals surface area (Å²) in [6, 6.07) is 0. The van der Waals surface area contributed by atoms with E-state index in [9.17, 15) is 37.3 Å². The molecule has 0 heterocycles. The predicted octanol–water partition coefficient (Wildman–Crippen LogP) is 2.71. The molecule has 1 atom stereocenters. The van der Waals surface area contributed by atoms with Gasteiger partial charge in [-0.25, -0.2) is 8.78 Å². The molecule has 24 heavy (non-hydrogen) atoms. The summed E-state index contributed by atoms with van der Waals surface area (Å²) in [5.41, 5.74) is -6.07. The quantitative estimate of drug-likeness (QED) is 0.208. The van der Waals surface area contributed by atoms with Gasteiger partial charge < -0.3 is 4.74 Å². The van der Waals surface area contributed by atoms with Gasteiger partial charge in [0.1, 0.15) is 0 Å². The number of benzene rings is 1. The number of nitro benzene ring substituents is 1. The molecule has 1 aromatic rings. The second-order valence-electron chi connectivity index (χ2n) is 5.14. The number of rotatable bonds is 4. The second kappa shape index (κ2) is 6.17. The zero-order valence-corrected chi connectivity index (χ0v) is 12.3. The fourth-order valence-corrected chi connectivity index (χ4v) is 2.86. The minimum atomic E-state index is -2.55. The molecule has 1 aliphatic rings. The van der Waals surface area contributed by atoms with Crippen molar-refractivity contribution in [3.05, 3.63) is 38.9 Å². The lowest BCUT2D eigenvalue weighted by Crippen LogP contribution is -2.43. The molecule has 1 saturated carbocycles. The first kappa shape index (κ1) is 17.8. The molecule has 1 aliphatic carbocycles. The molecule has 0 aromatic heterocycles. The van der Waals surface area contributed by atoms with E-state index in [1.165, 1.54) is 6.92 Å². The summed E-state index contributed by atoms with van der Waals surface area (Å²) in [7, 11) is 0. The van der Waals surface area contributed by atoms with E-state index in [1.807, 2.05) is 0 Å². The summed E-state index contributed by atoms with van der Waals surface area (Å²) in [5.74, 6) is -11.2. The molecule has 130 valence electrons. The number of carbonyl (C=O) groups is 2. The monoisotopic (exact) mass is 349 g/mol. The number of hydrogen-bond acceptors (Lipinski definition) is 5. The molecule has 0 saturated heterocycles. The Morgan fingerprint density at radius 3 is 2.12 bits per heavy atom. The second-order valence-corrected chi connectivity index (χ2v) is 5.14. The van der Waals surface area contributed by atoms with Crippen LogP contribution in [0.3, 0.4) is 0 Å². The molecule has 6 nitrogen and oxygen atoms in total. The summed E-state index contributed by atoms with van der Waals surface area (Å²) >= 11 is 0. The van der Waals surface area contributed by atoms with E-state index in [2.05, 4.69) is 4.74 Å². The van der Waals surface area contributed by atoms with Gasteiger partial charge in [-0.1, -0.05) is 0 Å². The Morgan fingerprint density at radius 1 is 1.21 bits per heavy atom. The highest BCUT2D eigenvalue weighted by Gasteiger charge is 2.56. The maximum absolute atomic E-state index is 14.3. The van der Waals surface area contributed by atoms with E-state index in [0.717, 1.165) is 0 Å². The Hall–Kier alpha value is -2.52. The maximum atomic E-state index is 14.3. The van der Waals surface area contributed by atoms with Crippen molar-refractivity contribution in [1.82, 2.24) is 0 Å². The van der Waals surface area contributed by atoms with Crippen LogP contribution in [0, 0.1) is 33.4 Å². The lowest BCUT2D eigenvalue weighted by atomic mass is 9.77. The number of carbonyl (C=O) groups excluding carboxylic acids is 2. The smallest absolute Gasteiger partial charge is 0.346 e. The van der Waals surface area contributed by atoms with E-state index in [4.69, 9.17) is 0 Å². The lowest BCUT2D eigenvalue weighted by molar-refractivity contribution is -0.390. The fraction of sp³-hybridized carbons (Fsp3) is 0.429. The van der Waals surface area contributed by atoms with Crippen LogP contribution in [0.1, 0.15) is 31.7 Å². The molecule has 0 unspecified atom stereocenters. The summed E-state index contributed by atoms with van der Waals surface area (Å²) in [6.07, 6.45) is -0.635. The standard InChI is InChI=1S/C14H11F4NO5/c1-2-24-13(21)14(5-3-4-6(14)20)7-8(15)10(17)12(19(22)23)11(18)9(7)16/h2-5H2,1H3/t14-/m1/s1. The molecule has 0 N–H and O–H groups in total. The number of ketones is 1. The van der Waals surface area contributed by atoms with Crippen LogP contribution in [-0.4, -0.2) is 23.3 Å². The molecule has 0 spiro atoms. The zero-order chi connectivity index (χ0) is 18.2. The van der Waals surface area contributed by atoms with Crippen molar-refractivity contribution in [2.75, 3.05) is 6.61 Å². The van der Waals surface area contributed by atoms with Crippen molar-refractivity contribution in [2.45, 2.75) is 31.6 Å². The van der Waals surface area contributed by atoms with Crippen LogP contribution < -0.4 is 0 Å².